The largest absolute Gasteiger partial charge is 0.466 e. The third-order valence-electron chi connectivity index (χ3n) is 4.47. The topological polar surface area (TPSA) is 49.9 Å². The van der Waals surface area contributed by atoms with Crippen LogP contribution in [0.2, 0.25) is 0 Å². The minimum Gasteiger partial charge on any atom is -0.466 e. The second-order valence-corrected chi connectivity index (χ2v) is 6.12. The van der Waals surface area contributed by atoms with Gasteiger partial charge in [-0.25, -0.2) is 0 Å². The molecular formula is C16H28N2O3. The molecule has 2 saturated heterocycles. The van der Waals surface area contributed by atoms with Gasteiger partial charge in [0.15, 0.2) is 0 Å². The number of hydrogen-bond donors (Lipinski definition) is 0. The van der Waals surface area contributed by atoms with Crippen LogP contribution in [0, 0.1) is 0 Å². The Morgan fingerprint density at radius 2 is 1.86 bits per heavy atom. The molecule has 1 atom stereocenters. The Labute approximate surface area is 127 Å². The lowest BCUT2D eigenvalue weighted by molar-refractivity contribution is -0.144. The summed E-state index contributed by atoms with van der Waals surface area (Å²) in [6, 6.07) is 0.628. The zero-order valence-electron chi connectivity index (χ0n) is 13.2. The lowest BCUT2D eigenvalue weighted by Crippen LogP contribution is -2.41. The minimum atomic E-state index is -0.265. The summed E-state index contributed by atoms with van der Waals surface area (Å²) in [6.07, 6.45) is 5.69. The SMILES string of the molecule is CCOC(=O)CCC(=O)CN1CCC(N2CCCCC2)C1. The Hall–Kier alpha value is -0.940. The van der Waals surface area contributed by atoms with Gasteiger partial charge in [0.1, 0.15) is 5.78 Å². The van der Waals surface area contributed by atoms with Gasteiger partial charge in [-0.05, 0) is 39.3 Å². The molecule has 2 rings (SSSR count). The second-order valence-electron chi connectivity index (χ2n) is 6.12. The van der Waals surface area contributed by atoms with Crippen molar-refractivity contribution in [1.82, 2.24) is 9.80 Å². The normalized spacial score (nSPS) is 24.1. The van der Waals surface area contributed by atoms with Crippen molar-refractivity contribution in [2.75, 3.05) is 39.3 Å². The van der Waals surface area contributed by atoms with Crippen molar-refractivity contribution >= 4 is 11.8 Å². The molecule has 1 unspecified atom stereocenters. The molecule has 21 heavy (non-hydrogen) atoms. The molecule has 5 nitrogen and oxygen atoms in total. The van der Waals surface area contributed by atoms with E-state index < -0.39 is 0 Å². The summed E-state index contributed by atoms with van der Waals surface area (Å²) >= 11 is 0. The number of carbonyl (C=O) groups excluding carboxylic acids is 2. The van der Waals surface area contributed by atoms with Crippen LogP contribution in [0.1, 0.15) is 45.4 Å². The number of carbonyl (C=O) groups is 2. The van der Waals surface area contributed by atoms with Gasteiger partial charge in [-0.2, -0.15) is 0 Å². The van der Waals surface area contributed by atoms with E-state index in [1.165, 1.54) is 38.8 Å². The third kappa shape index (κ3) is 5.40. The summed E-state index contributed by atoms with van der Waals surface area (Å²) < 4.78 is 4.85. The molecule has 2 heterocycles. The van der Waals surface area contributed by atoms with Gasteiger partial charge in [0.25, 0.3) is 0 Å². The fourth-order valence-electron chi connectivity index (χ4n) is 3.34. The van der Waals surface area contributed by atoms with E-state index >= 15 is 0 Å². The lowest BCUT2D eigenvalue weighted by Gasteiger charge is -2.32. The van der Waals surface area contributed by atoms with Crippen molar-refractivity contribution in [3.05, 3.63) is 0 Å². The molecule has 0 aromatic rings. The van der Waals surface area contributed by atoms with E-state index in [0.717, 1.165) is 13.1 Å². The van der Waals surface area contributed by atoms with E-state index in [1.807, 2.05) is 0 Å². The van der Waals surface area contributed by atoms with E-state index in [4.69, 9.17) is 4.74 Å². The average molecular weight is 296 g/mol. The predicted octanol–water partition coefficient (Wildman–Crippen LogP) is 1.46. The molecule has 2 aliphatic rings. The first-order valence-electron chi connectivity index (χ1n) is 8.32. The first kappa shape index (κ1) is 16.4. The maximum absolute atomic E-state index is 11.9. The maximum atomic E-state index is 11.9. The number of likely N-dealkylation sites (tertiary alicyclic amines) is 2. The molecule has 0 radical (unpaired) electrons. The highest BCUT2D eigenvalue weighted by atomic mass is 16.5. The first-order chi connectivity index (χ1) is 10.2. The molecule has 0 aliphatic carbocycles. The molecule has 0 N–H and O–H groups in total. The van der Waals surface area contributed by atoms with Crippen LogP contribution in [0.3, 0.4) is 0 Å². The van der Waals surface area contributed by atoms with E-state index in [2.05, 4.69) is 9.80 Å². The predicted molar refractivity (Wildman–Crippen MR) is 81.1 cm³/mol. The maximum Gasteiger partial charge on any atom is 0.306 e. The van der Waals surface area contributed by atoms with E-state index in [-0.39, 0.29) is 18.2 Å². The van der Waals surface area contributed by atoms with Crippen LogP contribution in [-0.2, 0) is 14.3 Å². The van der Waals surface area contributed by atoms with Crippen LogP contribution >= 0.6 is 0 Å². The van der Waals surface area contributed by atoms with E-state index in [0.29, 0.717) is 25.6 Å². The average Bonchev–Trinajstić information content (AvgIpc) is 2.95. The molecule has 5 heteroatoms. The highest BCUT2D eigenvalue weighted by Gasteiger charge is 2.29. The number of ether oxygens (including phenoxy) is 1. The molecule has 0 amide bonds. The lowest BCUT2D eigenvalue weighted by atomic mass is 10.1. The van der Waals surface area contributed by atoms with Gasteiger partial charge in [-0.1, -0.05) is 6.42 Å². The van der Waals surface area contributed by atoms with Crippen LogP contribution in [0.4, 0.5) is 0 Å². The van der Waals surface area contributed by atoms with Crippen molar-refractivity contribution in [2.45, 2.75) is 51.5 Å². The van der Waals surface area contributed by atoms with Crippen molar-refractivity contribution in [3.8, 4) is 0 Å². The molecule has 120 valence electrons. The molecular weight excluding hydrogens is 268 g/mol. The molecule has 0 aromatic heterocycles. The quantitative estimate of drug-likeness (QED) is 0.666. The molecule has 0 spiro atoms. The Morgan fingerprint density at radius 3 is 2.57 bits per heavy atom. The van der Waals surface area contributed by atoms with E-state index in [9.17, 15) is 9.59 Å². The number of hydrogen-bond acceptors (Lipinski definition) is 5. The summed E-state index contributed by atoms with van der Waals surface area (Å²) in [5.74, 6) is -0.110. The van der Waals surface area contributed by atoms with Crippen LogP contribution in [0.5, 0.6) is 0 Å². The van der Waals surface area contributed by atoms with Gasteiger partial charge < -0.3 is 4.74 Å². The van der Waals surface area contributed by atoms with E-state index in [1.54, 1.807) is 6.92 Å². The highest BCUT2D eigenvalue weighted by molar-refractivity contribution is 5.84. The summed E-state index contributed by atoms with van der Waals surface area (Å²) in [5, 5.41) is 0. The zero-order valence-corrected chi connectivity index (χ0v) is 13.2. The monoisotopic (exact) mass is 296 g/mol. The van der Waals surface area contributed by atoms with Crippen molar-refractivity contribution in [2.24, 2.45) is 0 Å². The fourth-order valence-corrected chi connectivity index (χ4v) is 3.34. The van der Waals surface area contributed by atoms with Crippen molar-refractivity contribution < 1.29 is 14.3 Å². The zero-order chi connectivity index (χ0) is 15.1. The molecule has 0 bridgehead atoms. The number of ketones is 1. The summed E-state index contributed by atoms with van der Waals surface area (Å²) in [5.41, 5.74) is 0. The Kier molecular flexibility index (Phi) is 6.64. The Balaban J connectivity index is 1.65. The number of Topliss-reactive ketones (excluding diaryl/α,β-unsaturated/α-hetero) is 1. The fraction of sp³-hybridized carbons (Fsp3) is 0.875. The molecule has 0 aromatic carbocycles. The van der Waals surface area contributed by atoms with Gasteiger partial charge in [0.05, 0.1) is 19.6 Å². The van der Waals surface area contributed by atoms with Crippen LogP contribution in [-0.4, -0.2) is 66.9 Å². The summed E-state index contributed by atoms with van der Waals surface area (Å²) in [7, 11) is 0. The van der Waals surface area contributed by atoms with Crippen molar-refractivity contribution in [3.63, 3.8) is 0 Å². The number of rotatable bonds is 7. The summed E-state index contributed by atoms with van der Waals surface area (Å²) in [6.45, 7) is 7.10. The van der Waals surface area contributed by atoms with Crippen LogP contribution in [0.25, 0.3) is 0 Å². The Bertz CT molecular complexity index is 353. The highest BCUT2D eigenvalue weighted by Crippen LogP contribution is 2.20. The molecule has 2 aliphatic heterocycles. The minimum absolute atomic E-state index is 0.155. The number of nitrogens with zero attached hydrogens (tertiary/aromatic N) is 2. The van der Waals surface area contributed by atoms with Crippen molar-refractivity contribution in [1.29, 1.82) is 0 Å². The standard InChI is InChI=1S/C16H28N2O3/c1-2-21-16(20)7-6-15(19)13-17-11-8-14(12-17)18-9-4-3-5-10-18/h14H,2-13H2,1H3. The van der Waals surface area contributed by atoms with Gasteiger partial charge in [0.2, 0.25) is 0 Å². The smallest absolute Gasteiger partial charge is 0.306 e. The third-order valence-corrected chi connectivity index (χ3v) is 4.47. The van der Waals surface area contributed by atoms with Gasteiger partial charge in [0, 0.05) is 25.6 Å². The number of esters is 1. The molecule has 0 saturated carbocycles. The van der Waals surface area contributed by atoms with Gasteiger partial charge in [-0.15, -0.1) is 0 Å². The van der Waals surface area contributed by atoms with Crippen LogP contribution in [0.15, 0.2) is 0 Å². The van der Waals surface area contributed by atoms with Crippen LogP contribution < -0.4 is 0 Å². The van der Waals surface area contributed by atoms with Gasteiger partial charge >= 0.3 is 5.97 Å². The summed E-state index contributed by atoms with van der Waals surface area (Å²) in [4.78, 5) is 28.0. The second kappa shape index (κ2) is 8.49. The Morgan fingerprint density at radius 1 is 1.10 bits per heavy atom. The number of piperidine rings is 1. The first-order valence-corrected chi connectivity index (χ1v) is 8.32. The van der Waals surface area contributed by atoms with Gasteiger partial charge in [-0.3, -0.25) is 19.4 Å². The molecule has 2 fully saturated rings.